The van der Waals surface area contributed by atoms with E-state index in [1.165, 1.54) is 10.5 Å². The highest BCUT2D eigenvalue weighted by molar-refractivity contribution is 5.89. The van der Waals surface area contributed by atoms with Crippen molar-refractivity contribution < 1.29 is 18.7 Å². The molecule has 1 aliphatic rings. The molecule has 0 N–H and O–H groups in total. The van der Waals surface area contributed by atoms with E-state index in [0.29, 0.717) is 30.7 Å². The highest BCUT2D eigenvalue weighted by Gasteiger charge is 2.32. The maximum Gasteiger partial charge on any atom is 0.310 e. The molecule has 2 aromatic rings. The minimum atomic E-state index is -0.409. The zero-order chi connectivity index (χ0) is 16.6. The summed E-state index contributed by atoms with van der Waals surface area (Å²) in [5.41, 5.74) is 3.06. The summed E-state index contributed by atoms with van der Waals surface area (Å²) >= 11 is 0. The van der Waals surface area contributed by atoms with Gasteiger partial charge >= 0.3 is 5.97 Å². The average Bonchev–Trinajstić information content (AvgIpc) is 2.85. The van der Waals surface area contributed by atoms with Crippen molar-refractivity contribution in [3.05, 3.63) is 41.0 Å². The Balaban J connectivity index is 2.13. The Hall–Kier alpha value is -2.17. The van der Waals surface area contributed by atoms with Gasteiger partial charge in [-0.2, -0.15) is 4.39 Å². The van der Waals surface area contributed by atoms with Crippen LogP contribution in [0.4, 0.5) is 4.39 Å². The summed E-state index contributed by atoms with van der Waals surface area (Å²) in [5, 5.41) is 0. The van der Waals surface area contributed by atoms with Gasteiger partial charge < -0.3 is 4.74 Å². The summed E-state index contributed by atoms with van der Waals surface area (Å²) in [7, 11) is 0. The Kier molecular flexibility index (Phi) is 4.20. The van der Waals surface area contributed by atoms with Crippen LogP contribution in [-0.2, 0) is 27.2 Å². The Morgan fingerprint density at radius 2 is 2.17 bits per heavy atom. The van der Waals surface area contributed by atoms with Gasteiger partial charge in [0.15, 0.2) is 5.95 Å². The van der Waals surface area contributed by atoms with Gasteiger partial charge in [0, 0.05) is 12.1 Å². The highest BCUT2D eigenvalue weighted by atomic mass is 19.1. The lowest BCUT2D eigenvalue weighted by Gasteiger charge is -2.19. The first-order valence-electron chi connectivity index (χ1n) is 8.03. The third-order valence-electron chi connectivity index (χ3n) is 4.47. The van der Waals surface area contributed by atoms with E-state index in [2.05, 4.69) is 0 Å². The van der Waals surface area contributed by atoms with Crippen LogP contribution in [0, 0.1) is 5.95 Å². The van der Waals surface area contributed by atoms with Crippen LogP contribution in [0.3, 0.4) is 0 Å². The van der Waals surface area contributed by atoms with Crippen molar-refractivity contribution in [2.75, 3.05) is 6.61 Å². The molecule has 2 heterocycles. The zero-order valence-corrected chi connectivity index (χ0v) is 13.4. The first-order chi connectivity index (χ1) is 11.0. The Morgan fingerprint density at radius 3 is 2.91 bits per heavy atom. The molecule has 1 unspecified atom stereocenters. The van der Waals surface area contributed by atoms with E-state index >= 15 is 0 Å². The van der Waals surface area contributed by atoms with Crippen LogP contribution >= 0.6 is 0 Å². The summed E-state index contributed by atoms with van der Waals surface area (Å²) < 4.78 is 21.0. The smallest absolute Gasteiger partial charge is 0.310 e. The molecule has 3 rings (SSSR count). The van der Waals surface area contributed by atoms with Crippen molar-refractivity contribution in [2.24, 2.45) is 0 Å². The first-order valence-corrected chi connectivity index (χ1v) is 8.03. The number of hydrogen-bond acceptors (Lipinski definition) is 3. The van der Waals surface area contributed by atoms with Crippen molar-refractivity contribution in [2.45, 2.75) is 45.4 Å². The molecular formula is C18H20FNO3. The first kappa shape index (κ1) is 15.7. The monoisotopic (exact) mass is 317 g/mol. The molecule has 0 radical (unpaired) electrons. The molecule has 0 spiro atoms. The third kappa shape index (κ3) is 2.64. The molecule has 0 aliphatic heterocycles. The van der Waals surface area contributed by atoms with Gasteiger partial charge in [-0.05, 0) is 43.0 Å². The molecule has 0 aromatic carbocycles. The molecule has 5 heteroatoms. The van der Waals surface area contributed by atoms with E-state index in [1.54, 1.807) is 19.1 Å². The van der Waals surface area contributed by atoms with Gasteiger partial charge in [0.05, 0.1) is 24.5 Å². The van der Waals surface area contributed by atoms with E-state index in [4.69, 9.17) is 4.74 Å². The average molecular weight is 317 g/mol. The predicted molar refractivity (Wildman–Crippen MR) is 84.1 cm³/mol. The zero-order valence-electron chi connectivity index (χ0n) is 13.4. The quantitative estimate of drug-likeness (QED) is 0.643. The molecule has 2 aromatic heterocycles. The van der Waals surface area contributed by atoms with E-state index < -0.39 is 5.95 Å². The molecule has 1 aliphatic carbocycles. The maximum atomic E-state index is 14.4. The summed E-state index contributed by atoms with van der Waals surface area (Å²) in [4.78, 5) is 24.1. The SMILES string of the molecule is CCCOC(=O)Cc1c2c(n3c(F)cccc13)C(C)C(=O)CC2. The molecule has 4 nitrogen and oxygen atoms in total. The second-order valence-corrected chi connectivity index (χ2v) is 6.00. The van der Waals surface area contributed by atoms with Gasteiger partial charge in [-0.1, -0.05) is 13.0 Å². The molecule has 0 bridgehead atoms. The van der Waals surface area contributed by atoms with Crippen LogP contribution in [0.15, 0.2) is 18.2 Å². The number of carbonyl (C=O) groups is 2. The van der Waals surface area contributed by atoms with Crippen molar-refractivity contribution in [1.82, 2.24) is 4.40 Å². The topological polar surface area (TPSA) is 47.8 Å². The van der Waals surface area contributed by atoms with Gasteiger partial charge in [-0.3, -0.25) is 14.0 Å². The van der Waals surface area contributed by atoms with Crippen molar-refractivity contribution in [3.8, 4) is 0 Å². The van der Waals surface area contributed by atoms with Crippen LogP contribution < -0.4 is 0 Å². The Bertz CT molecular complexity index is 778. The molecule has 23 heavy (non-hydrogen) atoms. The number of pyridine rings is 1. The lowest BCUT2D eigenvalue weighted by atomic mass is 9.86. The van der Waals surface area contributed by atoms with Crippen LogP contribution in [0.25, 0.3) is 5.52 Å². The van der Waals surface area contributed by atoms with Gasteiger partial charge in [0.25, 0.3) is 0 Å². The fourth-order valence-corrected chi connectivity index (χ4v) is 3.37. The maximum absolute atomic E-state index is 14.4. The number of esters is 1. The number of fused-ring (bicyclic) bond motifs is 3. The summed E-state index contributed by atoms with van der Waals surface area (Å²) in [6, 6.07) is 4.79. The van der Waals surface area contributed by atoms with Crippen molar-refractivity contribution in [1.29, 1.82) is 0 Å². The summed E-state index contributed by atoms with van der Waals surface area (Å²) in [6.07, 6.45) is 1.86. The minimum Gasteiger partial charge on any atom is -0.465 e. The lowest BCUT2D eigenvalue weighted by molar-refractivity contribution is -0.142. The van der Waals surface area contributed by atoms with E-state index in [9.17, 15) is 14.0 Å². The summed E-state index contributed by atoms with van der Waals surface area (Å²) in [5.74, 6) is -0.965. The van der Waals surface area contributed by atoms with Crippen LogP contribution in [0.1, 0.15) is 49.4 Å². The third-order valence-corrected chi connectivity index (χ3v) is 4.47. The number of ether oxygens (including phenoxy) is 1. The molecule has 122 valence electrons. The highest BCUT2D eigenvalue weighted by Crippen LogP contribution is 2.36. The van der Waals surface area contributed by atoms with E-state index in [-0.39, 0.29) is 24.1 Å². The number of halogens is 1. The molecule has 0 fully saturated rings. The molecule has 0 saturated carbocycles. The van der Waals surface area contributed by atoms with Crippen molar-refractivity contribution in [3.63, 3.8) is 0 Å². The fourth-order valence-electron chi connectivity index (χ4n) is 3.37. The molecular weight excluding hydrogens is 297 g/mol. The second-order valence-electron chi connectivity index (χ2n) is 6.00. The number of Topliss-reactive ketones (excluding diaryl/α,β-unsaturated/α-hetero) is 1. The number of rotatable bonds is 4. The van der Waals surface area contributed by atoms with Gasteiger partial charge in [0.1, 0.15) is 5.78 Å². The molecule has 0 amide bonds. The van der Waals surface area contributed by atoms with Crippen LogP contribution in [-0.4, -0.2) is 22.8 Å². The number of ketones is 1. The Labute approximate surface area is 134 Å². The van der Waals surface area contributed by atoms with Crippen LogP contribution in [0.5, 0.6) is 0 Å². The van der Waals surface area contributed by atoms with E-state index in [1.807, 2.05) is 6.92 Å². The second kappa shape index (κ2) is 6.14. The van der Waals surface area contributed by atoms with Crippen LogP contribution in [0.2, 0.25) is 0 Å². The number of hydrogen-bond donors (Lipinski definition) is 0. The summed E-state index contributed by atoms with van der Waals surface area (Å²) in [6.45, 7) is 4.13. The van der Waals surface area contributed by atoms with Crippen molar-refractivity contribution >= 4 is 17.3 Å². The Morgan fingerprint density at radius 1 is 1.39 bits per heavy atom. The predicted octanol–water partition coefficient (Wildman–Crippen LogP) is 3.19. The minimum absolute atomic E-state index is 0.111. The normalized spacial score (nSPS) is 17.3. The number of aromatic nitrogens is 1. The molecule has 1 atom stereocenters. The fraction of sp³-hybridized carbons (Fsp3) is 0.444. The van der Waals surface area contributed by atoms with E-state index in [0.717, 1.165) is 17.5 Å². The standard InChI is InChI=1S/C18H20FNO3/c1-3-9-23-17(22)10-13-12-7-8-15(21)11(2)18(12)20-14(13)5-4-6-16(20)19/h4-6,11H,3,7-10H2,1-2H3. The molecule has 0 saturated heterocycles. The number of carbonyl (C=O) groups excluding carboxylic acids is 2. The van der Waals surface area contributed by atoms with Gasteiger partial charge in [0.2, 0.25) is 0 Å². The number of nitrogens with zero attached hydrogens (tertiary/aromatic N) is 1. The lowest BCUT2D eigenvalue weighted by Crippen LogP contribution is -2.20. The van der Waals surface area contributed by atoms with Gasteiger partial charge in [-0.25, -0.2) is 0 Å². The van der Waals surface area contributed by atoms with Gasteiger partial charge in [-0.15, -0.1) is 0 Å². The largest absolute Gasteiger partial charge is 0.465 e.